The van der Waals surface area contributed by atoms with E-state index >= 15 is 0 Å². The second-order valence-electron chi connectivity index (χ2n) is 6.51. The molecule has 1 atom stereocenters. The van der Waals surface area contributed by atoms with Crippen LogP contribution < -0.4 is 10.9 Å². The third-order valence-corrected chi connectivity index (χ3v) is 4.57. The van der Waals surface area contributed by atoms with Crippen molar-refractivity contribution < 1.29 is 18.7 Å². The van der Waals surface area contributed by atoms with Gasteiger partial charge in [0.15, 0.2) is 6.61 Å². The van der Waals surface area contributed by atoms with E-state index in [0.29, 0.717) is 16.7 Å². The van der Waals surface area contributed by atoms with Crippen molar-refractivity contribution in [3.05, 3.63) is 76.1 Å². The summed E-state index contributed by atoms with van der Waals surface area (Å²) < 4.78 is 10.1. The fraction of sp³-hybridized carbons (Fsp3) is 0.227. The molecule has 0 saturated carbocycles. The third kappa shape index (κ3) is 4.28. The molecule has 6 heteroatoms. The van der Waals surface area contributed by atoms with E-state index in [1.807, 2.05) is 18.2 Å². The van der Waals surface area contributed by atoms with Gasteiger partial charge in [-0.25, -0.2) is 9.59 Å². The number of esters is 1. The van der Waals surface area contributed by atoms with Crippen molar-refractivity contribution in [1.29, 1.82) is 0 Å². The van der Waals surface area contributed by atoms with Gasteiger partial charge < -0.3 is 14.5 Å². The van der Waals surface area contributed by atoms with Crippen LogP contribution >= 0.6 is 0 Å². The summed E-state index contributed by atoms with van der Waals surface area (Å²) >= 11 is 0. The molecule has 1 amide bonds. The molecule has 0 bridgehead atoms. The molecule has 0 spiro atoms. The molecule has 144 valence electrons. The maximum absolute atomic E-state index is 12.2. The highest BCUT2D eigenvalue weighted by atomic mass is 16.5. The number of carbonyl (C=O) groups is 2. The molecular weight excluding hydrogens is 358 g/mol. The highest BCUT2D eigenvalue weighted by Gasteiger charge is 2.17. The largest absolute Gasteiger partial charge is 0.452 e. The molecule has 1 N–H and O–H groups in total. The number of benzene rings is 2. The van der Waals surface area contributed by atoms with E-state index in [0.717, 1.165) is 12.0 Å². The molecule has 0 aliphatic carbocycles. The summed E-state index contributed by atoms with van der Waals surface area (Å²) in [6, 6.07) is 15.7. The van der Waals surface area contributed by atoms with E-state index in [2.05, 4.69) is 19.2 Å². The number of anilines is 1. The molecule has 3 aromatic rings. The molecule has 0 aliphatic rings. The van der Waals surface area contributed by atoms with Gasteiger partial charge in [-0.1, -0.05) is 50.2 Å². The SMILES string of the molecule is CC[C@@H](C)c1ccccc1NC(=O)COC(=O)c1cc2ccccc2oc1=O. The molecule has 6 nitrogen and oxygen atoms in total. The van der Waals surface area contributed by atoms with E-state index < -0.39 is 24.1 Å². The highest BCUT2D eigenvalue weighted by molar-refractivity contribution is 5.97. The lowest BCUT2D eigenvalue weighted by molar-refractivity contribution is -0.119. The Morgan fingerprint density at radius 3 is 2.61 bits per heavy atom. The molecule has 2 aromatic carbocycles. The van der Waals surface area contributed by atoms with Gasteiger partial charge in [-0.2, -0.15) is 0 Å². The summed E-state index contributed by atoms with van der Waals surface area (Å²) in [5.41, 5.74) is 1.03. The van der Waals surface area contributed by atoms with Crippen LogP contribution in [-0.4, -0.2) is 18.5 Å². The number of ether oxygens (including phenoxy) is 1. The van der Waals surface area contributed by atoms with Crippen molar-refractivity contribution in [2.24, 2.45) is 0 Å². The third-order valence-electron chi connectivity index (χ3n) is 4.57. The fourth-order valence-corrected chi connectivity index (χ4v) is 2.86. The number of rotatable bonds is 6. The van der Waals surface area contributed by atoms with E-state index in [9.17, 15) is 14.4 Å². The number of fused-ring (bicyclic) bond motifs is 1. The van der Waals surface area contributed by atoms with Gasteiger partial charge >= 0.3 is 11.6 Å². The number of para-hydroxylation sites is 2. The standard InChI is InChI=1S/C22H21NO5/c1-3-14(2)16-9-5-6-10-18(16)23-20(24)13-27-21(25)17-12-15-8-4-7-11-19(15)28-22(17)26/h4-12,14H,3,13H2,1-2H3,(H,23,24)/t14-/m1/s1. The van der Waals surface area contributed by atoms with Crippen molar-refractivity contribution in [2.75, 3.05) is 11.9 Å². The van der Waals surface area contributed by atoms with Crippen LogP contribution in [-0.2, 0) is 9.53 Å². The zero-order valence-electron chi connectivity index (χ0n) is 15.7. The minimum absolute atomic E-state index is 0.244. The summed E-state index contributed by atoms with van der Waals surface area (Å²) in [6.07, 6.45) is 0.930. The predicted molar refractivity (Wildman–Crippen MR) is 107 cm³/mol. The van der Waals surface area contributed by atoms with Crippen molar-refractivity contribution in [1.82, 2.24) is 0 Å². The van der Waals surface area contributed by atoms with Crippen LogP contribution in [0.2, 0.25) is 0 Å². The average molecular weight is 379 g/mol. The minimum Gasteiger partial charge on any atom is -0.452 e. The summed E-state index contributed by atoms with van der Waals surface area (Å²) in [5.74, 6) is -1.10. The molecule has 0 fully saturated rings. The first-order valence-electron chi connectivity index (χ1n) is 9.08. The van der Waals surface area contributed by atoms with Gasteiger partial charge in [0.05, 0.1) is 0 Å². The molecule has 0 saturated heterocycles. The van der Waals surface area contributed by atoms with E-state index in [1.54, 1.807) is 30.3 Å². The Morgan fingerprint density at radius 1 is 1.11 bits per heavy atom. The van der Waals surface area contributed by atoms with Crippen LogP contribution in [0.15, 0.2) is 63.8 Å². The topological polar surface area (TPSA) is 85.6 Å². The average Bonchev–Trinajstić information content (AvgIpc) is 2.71. The zero-order chi connectivity index (χ0) is 20.1. The maximum Gasteiger partial charge on any atom is 0.351 e. The smallest absolute Gasteiger partial charge is 0.351 e. The number of carbonyl (C=O) groups excluding carboxylic acids is 2. The monoisotopic (exact) mass is 379 g/mol. The maximum atomic E-state index is 12.2. The summed E-state index contributed by atoms with van der Waals surface area (Å²) in [6.45, 7) is 3.64. The number of hydrogen-bond acceptors (Lipinski definition) is 5. The first-order chi connectivity index (χ1) is 13.5. The van der Waals surface area contributed by atoms with Gasteiger partial charge in [0.2, 0.25) is 0 Å². The predicted octanol–water partition coefficient (Wildman–Crippen LogP) is 4.10. The van der Waals surface area contributed by atoms with Gasteiger partial charge in [0.25, 0.3) is 5.91 Å². The van der Waals surface area contributed by atoms with Crippen molar-refractivity contribution in [3.8, 4) is 0 Å². The second-order valence-corrected chi connectivity index (χ2v) is 6.51. The molecule has 0 aliphatic heterocycles. The fourth-order valence-electron chi connectivity index (χ4n) is 2.86. The lowest BCUT2D eigenvalue weighted by Crippen LogP contribution is -2.24. The quantitative estimate of drug-likeness (QED) is 0.515. The molecule has 1 heterocycles. The van der Waals surface area contributed by atoms with Crippen LogP contribution in [0.4, 0.5) is 5.69 Å². The molecule has 0 unspecified atom stereocenters. The zero-order valence-corrected chi connectivity index (χ0v) is 15.7. The van der Waals surface area contributed by atoms with Gasteiger partial charge in [-0.3, -0.25) is 4.79 Å². The lowest BCUT2D eigenvalue weighted by atomic mass is 9.97. The Hall–Kier alpha value is -3.41. The van der Waals surface area contributed by atoms with Gasteiger partial charge in [0, 0.05) is 11.1 Å². The molecule has 1 aromatic heterocycles. The van der Waals surface area contributed by atoms with Crippen molar-refractivity contribution in [3.63, 3.8) is 0 Å². The molecular formula is C22H21NO5. The summed E-state index contributed by atoms with van der Waals surface area (Å²) in [4.78, 5) is 36.4. The Kier molecular flexibility index (Phi) is 5.89. The van der Waals surface area contributed by atoms with Crippen molar-refractivity contribution >= 4 is 28.5 Å². The van der Waals surface area contributed by atoms with Crippen LogP contribution in [0.3, 0.4) is 0 Å². The van der Waals surface area contributed by atoms with Crippen LogP contribution in [0.1, 0.15) is 42.1 Å². The molecule has 0 radical (unpaired) electrons. The molecule has 3 rings (SSSR count). The first-order valence-corrected chi connectivity index (χ1v) is 9.08. The second kappa shape index (κ2) is 8.52. The minimum atomic E-state index is -0.898. The highest BCUT2D eigenvalue weighted by Crippen LogP contribution is 2.26. The Labute approximate surface area is 162 Å². The Balaban J connectivity index is 1.68. The lowest BCUT2D eigenvalue weighted by Gasteiger charge is -2.15. The van der Waals surface area contributed by atoms with E-state index in [-0.39, 0.29) is 11.5 Å². The van der Waals surface area contributed by atoms with Crippen LogP contribution in [0.25, 0.3) is 11.0 Å². The molecule has 28 heavy (non-hydrogen) atoms. The number of amides is 1. The summed E-state index contributed by atoms with van der Waals surface area (Å²) in [5, 5.41) is 3.36. The van der Waals surface area contributed by atoms with Gasteiger partial charge in [-0.05, 0) is 36.1 Å². The number of nitrogens with one attached hydrogen (secondary N) is 1. The van der Waals surface area contributed by atoms with Gasteiger partial charge in [0.1, 0.15) is 11.1 Å². The van der Waals surface area contributed by atoms with Crippen LogP contribution in [0, 0.1) is 0 Å². The Morgan fingerprint density at radius 2 is 1.82 bits per heavy atom. The van der Waals surface area contributed by atoms with Crippen molar-refractivity contribution in [2.45, 2.75) is 26.2 Å². The Bertz CT molecular complexity index is 1070. The van der Waals surface area contributed by atoms with E-state index in [1.165, 1.54) is 6.07 Å². The first kappa shape index (κ1) is 19.4. The van der Waals surface area contributed by atoms with E-state index in [4.69, 9.17) is 9.15 Å². The van der Waals surface area contributed by atoms with Gasteiger partial charge in [-0.15, -0.1) is 0 Å². The normalized spacial score (nSPS) is 11.8. The van der Waals surface area contributed by atoms with Crippen LogP contribution in [0.5, 0.6) is 0 Å². The summed E-state index contributed by atoms with van der Waals surface area (Å²) in [7, 11) is 0. The number of hydrogen-bond donors (Lipinski definition) is 1.